The van der Waals surface area contributed by atoms with Gasteiger partial charge < -0.3 is 14.7 Å². The average Bonchev–Trinajstić information content (AvgIpc) is 2.49. The Hall–Kier alpha value is -2.21. The van der Waals surface area contributed by atoms with Crippen LogP contribution in [0.2, 0.25) is 0 Å². The topological polar surface area (TPSA) is 62.7 Å². The summed E-state index contributed by atoms with van der Waals surface area (Å²) in [7, 11) is 0. The van der Waals surface area contributed by atoms with Crippen LogP contribution in [-0.4, -0.2) is 42.4 Å². The molecule has 0 atom stereocenters. The van der Waals surface area contributed by atoms with Crippen molar-refractivity contribution < 1.29 is 19.0 Å². The van der Waals surface area contributed by atoms with Gasteiger partial charge in [-0.2, -0.15) is 0 Å². The number of aryl methyl sites for hydroxylation is 1. The predicted molar refractivity (Wildman–Crippen MR) is 80.8 cm³/mol. The Bertz CT molecular complexity index is 727. The summed E-state index contributed by atoms with van der Waals surface area (Å²) in [4.78, 5) is 17.7. The molecule has 1 fully saturated rings. The Kier molecular flexibility index (Phi) is 3.94. The molecule has 2 aromatic rings. The molecule has 1 saturated heterocycles. The fourth-order valence-electron chi connectivity index (χ4n) is 2.89. The molecular formula is C16H17FN2O3. The number of halogens is 1. The van der Waals surface area contributed by atoms with Crippen LogP contribution in [0.25, 0.3) is 10.9 Å². The second-order valence-corrected chi connectivity index (χ2v) is 5.36. The van der Waals surface area contributed by atoms with Crippen LogP contribution in [0.4, 0.5) is 10.1 Å². The minimum absolute atomic E-state index is 0.127. The van der Waals surface area contributed by atoms with E-state index in [1.54, 1.807) is 13.0 Å². The van der Waals surface area contributed by atoms with E-state index in [0.29, 0.717) is 48.5 Å². The summed E-state index contributed by atoms with van der Waals surface area (Å²) < 4.78 is 19.1. The lowest BCUT2D eigenvalue weighted by Gasteiger charge is -2.32. The maximum absolute atomic E-state index is 13.7. The number of nitrogens with zero attached hydrogens (tertiary/aromatic N) is 2. The summed E-state index contributed by atoms with van der Waals surface area (Å²) >= 11 is 0. The monoisotopic (exact) mass is 304 g/mol. The molecule has 0 radical (unpaired) electrons. The Morgan fingerprint density at radius 1 is 1.41 bits per heavy atom. The highest BCUT2D eigenvalue weighted by Crippen LogP contribution is 2.33. The van der Waals surface area contributed by atoms with Gasteiger partial charge in [-0.1, -0.05) is 0 Å². The van der Waals surface area contributed by atoms with Gasteiger partial charge in [-0.3, -0.25) is 9.78 Å². The van der Waals surface area contributed by atoms with Crippen molar-refractivity contribution in [2.24, 2.45) is 0 Å². The van der Waals surface area contributed by atoms with Crippen molar-refractivity contribution >= 4 is 22.6 Å². The smallest absolute Gasteiger partial charge is 0.307 e. The Morgan fingerprint density at radius 3 is 2.82 bits per heavy atom. The van der Waals surface area contributed by atoms with E-state index < -0.39 is 5.97 Å². The van der Waals surface area contributed by atoms with Gasteiger partial charge in [0.1, 0.15) is 5.82 Å². The van der Waals surface area contributed by atoms with Crippen molar-refractivity contribution in [3.63, 3.8) is 0 Å². The number of carbonyl (C=O) groups is 1. The summed E-state index contributed by atoms with van der Waals surface area (Å²) in [5.74, 6) is -1.27. The molecule has 0 amide bonds. The number of fused-ring (bicyclic) bond motifs is 1. The Labute approximate surface area is 127 Å². The average molecular weight is 304 g/mol. The molecule has 2 heterocycles. The molecule has 1 aliphatic heterocycles. The molecule has 0 bridgehead atoms. The minimum atomic E-state index is -0.921. The quantitative estimate of drug-likeness (QED) is 0.941. The molecule has 5 nitrogen and oxygen atoms in total. The summed E-state index contributed by atoms with van der Waals surface area (Å²) in [5.41, 5.74) is 2.76. The first-order valence-electron chi connectivity index (χ1n) is 7.19. The molecule has 0 aliphatic carbocycles. The lowest BCUT2D eigenvalue weighted by Crippen LogP contribution is -2.37. The largest absolute Gasteiger partial charge is 0.481 e. The number of aromatic nitrogens is 1. The van der Waals surface area contributed by atoms with Gasteiger partial charge in [0.2, 0.25) is 0 Å². The molecule has 0 unspecified atom stereocenters. The van der Waals surface area contributed by atoms with Gasteiger partial charge in [-0.05, 0) is 25.1 Å². The summed E-state index contributed by atoms with van der Waals surface area (Å²) in [6.45, 7) is 4.25. The van der Waals surface area contributed by atoms with Crippen molar-refractivity contribution in [1.29, 1.82) is 0 Å². The number of rotatable bonds is 3. The van der Waals surface area contributed by atoms with E-state index in [1.807, 2.05) is 0 Å². The number of carboxylic acid groups (broad SMARTS) is 1. The molecule has 1 aromatic heterocycles. The Morgan fingerprint density at radius 2 is 2.14 bits per heavy atom. The second-order valence-electron chi connectivity index (χ2n) is 5.36. The van der Waals surface area contributed by atoms with Gasteiger partial charge in [0.15, 0.2) is 0 Å². The van der Waals surface area contributed by atoms with Crippen molar-refractivity contribution in [1.82, 2.24) is 4.98 Å². The first-order chi connectivity index (χ1) is 10.6. The van der Waals surface area contributed by atoms with Crippen LogP contribution in [0.5, 0.6) is 0 Å². The number of benzene rings is 1. The summed E-state index contributed by atoms with van der Waals surface area (Å²) in [5, 5.41) is 9.85. The lowest BCUT2D eigenvalue weighted by molar-refractivity contribution is -0.136. The number of morpholine rings is 1. The molecule has 22 heavy (non-hydrogen) atoms. The second kappa shape index (κ2) is 5.88. The number of pyridine rings is 1. The normalized spacial score (nSPS) is 15.3. The lowest BCUT2D eigenvalue weighted by atomic mass is 10.0. The number of carboxylic acids is 1. The molecular weight excluding hydrogens is 287 g/mol. The van der Waals surface area contributed by atoms with Gasteiger partial charge in [0.25, 0.3) is 0 Å². The number of hydrogen-bond acceptors (Lipinski definition) is 4. The van der Waals surface area contributed by atoms with E-state index in [1.165, 1.54) is 12.1 Å². The van der Waals surface area contributed by atoms with Crippen LogP contribution in [0.15, 0.2) is 18.2 Å². The fraction of sp³-hybridized carbons (Fsp3) is 0.375. The zero-order chi connectivity index (χ0) is 15.7. The van der Waals surface area contributed by atoms with E-state index in [4.69, 9.17) is 4.74 Å². The molecule has 116 valence electrons. The molecule has 1 aliphatic rings. The molecule has 3 rings (SSSR count). The standard InChI is InChI=1S/C16H17FN2O3/c1-10-12(9-15(20)21)16(19-4-6-22-7-5-19)13-8-11(17)2-3-14(13)18-10/h2-3,8H,4-7,9H2,1H3,(H,20,21). The highest BCUT2D eigenvalue weighted by Gasteiger charge is 2.22. The highest BCUT2D eigenvalue weighted by molar-refractivity contribution is 5.95. The van der Waals surface area contributed by atoms with Gasteiger partial charge >= 0.3 is 5.97 Å². The van der Waals surface area contributed by atoms with Gasteiger partial charge in [0.05, 0.1) is 30.8 Å². The van der Waals surface area contributed by atoms with Crippen molar-refractivity contribution in [3.05, 3.63) is 35.3 Å². The third-order valence-corrected chi connectivity index (χ3v) is 3.88. The van der Waals surface area contributed by atoms with Crippen LogP contribution >= 0.6 is 0 Å². The molecule has 6 heteroatoms. The van der Waals surface area contributed by atoms with Crippen LogP contribution in [-0.2, 0) is 16.0 Å². The zero-order valence-electron chi connectivity index (χ0n) is 12.3. The van der Waals surface area contributed by atoms with Crippen molar-refractivity contribution in [2.45, 2.75) is 13.3 Å². The maximum Gasteiger partial charge on any atom is 0.307 e. The van der Waals surface area contributed by atoms with Gasteiger partial charge in [-0.25, -0.2) is 4.39 Å². The number of hydrogen-bond donors (Lipinski definition) is 1. The summed E-state index contributed by atoms with van der Waals surface area (Å²) in [6.07, 6.45) is -0.127. The van der Waals surface area contributed by atoms with E-state index in [-0.39, 0.29) is 12.2 Å². The number of aliphatic carboxylic acids is 1. The van der Waals surface area contributed by atoms with Crippen LogP contribution in [0.1, 0.15) is 11.3 Å². The predicted octanol–water partition coefficient (Wildman–Crippen LogP) is 2.15. The maximum atomic E-state index is 13.7. The van der Waals surface area contributed by atoms with Crippen LogP contribution in [0.3, 0.4) is 0 Å². The van der Waals surface area contributed by atoms with E-state index in [9.17, 15) is 14.3 Å². The van der Waals surface area contributed by atoms with E-state index in [2.05, 4.69) is 9.88 Å². The fourth-order valence-corrected chi connectivity index (χ4v) is 2.89. The SMILES string of the molecule is Cc1nc2ccc(F)cc2c(N2CCOCC2)c1CC(=O)O. The highest BCUT2D eigenvalue weighted by atomic mass is 19.1. The minimum Gasteiger partial charge on any atom is -0.481 e. The Balaban J connectivity index is 2.25. The van der Waals surface area contributed by atoms with Gasteiger partial charge in [0, 0.05) is 29.7 Å². The first kappa shape index (κ1) is 14.7. The van der Waals surface area contributed by atoms with Crippen molar-refractivity contribution in [3.8, 4) is 0 Å². The number of anilines is 1. The molecule has 0 spiro atoms. The molecule has 1 aromatic carbocycles. The number of ether oxygens (including phenoxy) is 1. The van der Waals surface area contributed by atoms with E-state index in [0.717, 1.165) is 5.69 Å². The third kappa shape index (κ3) is 2.74. The molecule has 0 saturated carbocycles. The van der Waals surface area contributed by atoms with E-state index >= 15 is 0 Å². The van der Waals surface area contributed by atoms with Crippen molar-refractivity contribution in [2.75, 3.05) is 31.2 Å². The zero-order valence-corrected chi connectivity index (χ0v) is 12.3. The van der Waals surface area contributed by atoms with Gasteiger partial charge in [-0.15, -0.1) is 0 Å². The summed E-state index contributed by atoms with van der Waals surface area (Å²) in [6, 6.07) is 4.43. The first-order valence-corrected chi connectivity index (χ1v) is 7.19. The molecule has 1 N–H and O–H groups in total. The third-order valence-electron chi connectivity index (χ3n) is 3.88. The van der Waals surface area contributed by atoms with Crippen LogP contribution in [0, 0.1) is 12.7 Å². The van der Waals surface area contributed by atoms with Crippen LogP contribution < -0.4 is 4.90 Å².